The molecule has 2 aromatic rings. The third kappa shape index (κ3) is 3.59. The van der Waals surface area contributed by atoms with Crippen molar-refractivity contribution in [1.82, 2.24) is 0 Å². The Morgan fingerprint density at radius 1 is 1.08 bits per heavy atom. The third-order valence-corrected chi connectivity index (χ3v) is 5.89. The van der Waals surface area contributed by atoms with Gasteiger partial charge in [-0.3, -0.25) is 9.10 Å². The zero-order valence-corrected chi connectivity index (χ0v) is 14.3. The van der Waals surface area contributed by atoms with Gasteiger partial charge in [0.2, 0.25) is 10.0 Å². The van der Waals surface area contributed by atoms with E-state index in [1.165, 1.54) is 4.31 Å². The predicted molar refractivity (Wildman–Crippen MR) is 95.9 cm³/mol. The van der Waals surface area contributed by atoms with Crippen molar-refractivity contribution in [2.45, 2.75) is 19.8 Å². The molecule has 0 aromatic heterocycles. The molecule has 3 rings (SSSR count). The van der Waals surface area contributed by atoms with Crippen LogP contribution in [0.2, 0.25) is 0 Å². The molecule has 1 amide bonds. The second kappa shape index (κ2) is 6.65. The highest BCUT2D eigenvalue weighted by Crippen LogP contribution is 2.24. The van der Waals surface area contributed by atoms with Gasteiger partial charge >= 0.3 is 0 Å². The van der Waals surface area contributed by atoms with Crippen molar-refractivity contribution in [3.05, 3.63) is 59.7 Å². The quantitative estimate of drug-likeness (QED) is 0.930. The molecule has 5 nitrogen and oxygen atoms in total. The van der Waals surface area contributed by atoms with E-state index in [1.807, 2.05) is 31.2 Å². The van der Waals surface area contributed by atoms with Crippen LogP contribution >= 0.6 is 0 Å². The highest BCUT2D eigenvalue weighted by molar-refractivity contribution is 7.92. The summed E-state index contributed by atoms with van der Waals surface area (Å²) < 4.78 is 25.8. The molecular weight excluding hydrogens is 324 g/mol. The van der Waals surface area contributed by atoms with Gasteiger partial charge < -0.3 is 5.32 Å². The van der Waals surface area contributed by atoms with E-state index in [2.05, 4.69) is 5.32 Å². The number of sulfonamides is 1. The highest BCUT2D eigenvalue weighted by atomic mass is 32.2. The van der Waals surface area contributed by atoms with E-state index in [4.69, 9.17) is 0 Å². The molecule has 1 saturated heterocycles. The maximum Gasteiger partial charge on any atom is 0.255 e. The molecule has 1 heterocycles. The number of amides is 1. The number of carbonyl (C=O) groups is 1. The summed E-state index contributed by atoms with van der Waals surface area (Å²) in [7, 11) is -3.28. The minimum Gasteiger partial charge on any atom is -0.322 e. The molecule has 0 bridgehead atoms. The first kappa shape index (κ1) is 16.5. The van der Waals surface area contributed by atoms with E-state index < -0.39 is 10.0 Å². The molecular formula is C18H20N2O3S. The van der Waals surface area contributed by atoms with E-state index in [9.17, 15) is 13.2 Å². The van der Waals surface area contributed by atoms with Crippen molar-refractivity contribution in [2.75, 3.05) is 21.9 Å². The molecule has 0 radical (unpaired) electrons. The molecule has 1 fully saturated rings. The van der Waals surface area contributed by atoms with Gasteiger partial charge in [-0.1, -0.05) is 18.2 Å². The average Bonchev–Trinajstić information content (AvgIpc) is 2.54. The Balaban J connectivity index is 1.83. The zero-order chi connectivity index (χ0) is 17.2. The number of hydrogen-bond acceptors (Lipinski definition) is 3. The van der Waals surface area contributed by atoms with Crippen molar-refractivity contribution in [2.24, 2.45) is 0 Å². The second-order valence-corrected chi connectivity index (χ2v) is 7.98. The van der Waals surface area contributed by atoms with Crippen molar-refractivity contribution in [3.8, 4) is 0 Å². The van der Waals surface area contributed by atoms with Gasteiger partial charge in [-0.05, 0) is 55.7 Å². The summed E-state index contributed by atoms with van der Waals surface area (Å²) in [5.41, 5.74) is 2.76. The van der Waals surface area contributed by atoms with Crippen molar-refractivity contribution >= 4 is 27.3 Å². The summed E-state index contributed by atoms with van der Waals surface area (Å²) in [4.78, 5) is 12.4. The SMILES string of the molecule is Cc1cccc(NC(=O)c2cccc(N3CCCCS3(=O)=O)c2)c1. The molecule has 0 atom stereocenters. The fraction of sp³-hybridized carbons (Fsp3) is 0.278. The fourth-order valence-electron chi connectivity index (χ4n) is 2.81. The summed E-state index contributed by atoms with van der Waals surface area (Å²) in [6, 6.07) is 14.3. The number of hydrogen-bond donors (Lipinski definition) is 1. The third-order valence-electron chi connectivity index (χ3n) is 4.02. The number of carbonyl (C=O) groups excluding carboxylic acids is 1. The van der Waals surface area contributed by atoms with Crippen LogP contribution in [0.15, 0.2) is 48.5 Å². The minimum absolute atomic E-state index is 0.159. The Morgan fingerprint density at radius 3 is 2.62 bits per heavy atom. The van der Waals surface area contributed by atoms with Crippen LogP contribution in [0.3, 0.4) is 0 Å². The summed E-state index contributed by atoms with van der Waals surface area (Å²) in [5.74, 6) is -0.0935. The largest absolute Gasteiger partial charge is 0.322 e. The summed E-state index contributed by atoms with van der Waals surface area (Å²) in [6.07, 6.45) is 1.52. The van der Waals surface area contributed by atoms with Gasteiger partial charge in [0.1, 0.15) is 0 Å². The van der Waals surface area contributed by atoms with E-state index >= 15 is 0 Å². The van der Waals surface area contributed by atoms with Gasteiger partial charge in [0, 0.05) is 17.8 Å². The lowest BCUT2D eigenvalue weighted by Crippen LogP contribution is -2.37. The first-order valence-electron chi connectivity index (χ1n) is 7.94. The van der Waals surface area contributed by atoms with Crippen LogP contribution in [-0.2, 0) is 10.0 Å². The molecule has 1 aliphatic heterocycles. The van der Waals surface area contributed by atoms with E-state index in [1.54, 1.807) is 24.3 Å². The molecule has 1 N–H and O–H groups in total. The average molecular weight is 344 g/mol. The molecule has 0 aliphatic carbocycles. The highest BCUT2D eigenvalue weighted by Gasteiger charge is 2.26. The lowest BCUT2D eigenvalue weighted by atomic mass is 10.1. The minimum atomic E-state index is -3.28. The molecule has 0 spiro atoms. The molecule has 0 unspecified atom stereocenters. The molecule has 6 heteroatoms. The van der Waals surface area contributed by atoms with Gasteiger partial charge in [-0.15, -0.1) is 0 Å². The van der Waals surface area contributed by atoms with Crippen LogP contribution in [-0.4, -0.2) is 26.6 Å². The first-order valence-corrected chi connectivity index (χ1v) is 9.55. The normalized spacial score (nSPS) is 16.6. The van der Waals surface area contributed by atoms with Crippen molar-refractivity contribution in [1.29, 1.82) is 0 Å². The Hall–Kier alpha value is -2.34. The van der Waals surface area contributed by atoms with Gasteiger partial charge in [0.15, 0.2) is 0 Å². The van der Waals surface area contributed by atoms with Gasteiger partial charge in [0.25, 0.3) is 5.91 Å². The molecule has 126 valence electrons. The van der Waals surface area contributed by atoms with Crippen LogP contribution in [0, 0.1) is 6.92 Å². The maximum absolute atomic E-state index is 12.4. The summed E-state index contributed by atoms with van der Waals surface area (Å²) >= 11 is 0. The van der Waals surface area contributed by atoms with E-state index in [-0.39, 0.29) is 11.7 Å². The van der Waals surface area contributed by atoms with Gasteiger partial charge in [-0.2, -0.15) is 0 Å². The van der Waals surface area contributed by atoms with Crippen molar-refractivity contribution < 1.29 is 13.2 Å². The monoisotopic (exact) mass is 344 g/mol. The first-order chi connectivity index (χ1) is 11.5. The van der Waals surface area contributed by atoms with Gasteiger partial charge in [0.05, 0.1) is 11.4 Å². The number of benzene rings is 2. The standard InChI is InChI=1S/C18H20N2O3S/c1-14-6-4-8-16(12-14)19-18(21)15-7-5-9-17(13-15)20-10-2-3-11-24(20,22)23/h4-9,12-13H,2-3,10-11H2,1H3,(H,19,21). The van der Waals surface area contributed by atoms with Crippen LogP contribution in [0.1, 0.15) is 28.8 Å². The summed E-state index contributed by atoms with van der Waals surface area (Å²) in [6.45, 7) is 2.42. The second-order valence-electron chi connectivity index (χ2n) is 5.97. The lowest BCUT2D eigenvalue weighted by molar-refractivity contribution is 0.102. The van der Waals surface area contributed by atoms with Crippen LogP contribution in [0.25, 0.3) is 0 Å². The smallest absolute Gasteiger partial charge is 0.255 e. The Morgan fingerprint density at radius 2 is 1.88 bits per heavy atom. The summed E-state index contributed by atoms with van der Waals surface area (Å²) in [5, 5.41) is 2.84. The Labute approximate surface area is 142 Å². The number of anilines is 2. The Bertz CT molecular complexity index is 862. The predicted octanol–water partition coefficient (Wildman–Crippen LogP) is 3.18. The van der Waals surface area contributed by atoms with E-state index in [0.29, 0.717) is 24.2 Å². The number of aryl methyl sites for hydroxylation is 1. The van der Waals surface area contributed by atoms with Crippen LogP contribution in [0.5, 0.6) is 0 Å². The van der Waals surface area contributed by atoms with Crippen LogP contribution in [0.4, 0.5) is 11.4 Å². The molecule has 2 aromatic carbocycles. The van der Waals surface area contributed by atoms with Gasteiger partial charge in [-0.25, -0.2) is 8.42 Å². The lowest BCUT2D eigenvalue weighted by Gasteiger charge is -2.28. The van der Waals surface area contributed by atoms with Crippen LogP contribution < -0.4 is 9.62 Å². The maximum atomic E-state index is 12.4. The Kier molecular flexibility index (Phi) is 4.57. The zero-order valence-electron chi connectivity index (χ0n) is 13.5. The number of nitrogens with one attached hydrogen (secondary N) is 1. The number of rotatable bonds is 3. The molecule has 0 saturated carbocycles. The fourth-order valence-corrected chi connectivity index (χ4v) is 4.44. The van der Waals surface area contributed by atoms with E-state index in [0.717, 1.165) is 17.7 Å². The molecule has 1 aliphatic rings. The number of nitrogens with zero attached hydrogens (tertiary/aromatic N) is 1. The van der Waals surface area contributed by atoms with Crippen molar-refractivity contribution in [3.63, 3.8) is 0 Å². The topological polar surface area (TPSA) is 66.5 Å². The molecule has 24 heavy (non-hydrogen) atoms.